The predicted molar refractivity (Wildman–Crippen MR) is 204 cm³/mol. The third kappa shape index (κ3) is 8.01. The van der Waals surface area contributed by atoms with Crippen molar-refractivity contribution < 1.29 is 37.0 Å². The van der Waals surface area contributed by atoms with E-state index in [0.29, 0.717) is 73.1 Å². The number of ether oxygens (including phenoxy) is 2. The lowest BCUT2D eigenvalue weighted by Gasteiger charge is -2.20. The molecular formula is C43H41F3N4O5. The van der Waals surface area contributed by atoms with Crippen LogP contribution in [0.25, 0.3) is 50.7 Å². The minimum atomic E-state index is -4.59. The second-order valence-electron chi connectivity index (χ2n) is 14.2. The van der Waals surface area contributed by atoms with E-state index in [1.165, 1.54) is 19.3 Å². The van der Waals surface area contributed by atoms with Gasteiger partial charge in [0.05, 0.1) is 30.9 Å². The third-order valence-electron chi connectivity index (χ3n) is 10.6. The Hall–Kier alpha value is -5.48. The summed E-state index contributed by atoms with van der Waals surface area (Å²) in [7, 11) is 1.45. The van der Waals surface area contributed by atoms with Gasteiger partial charge in [-0.3, -0.25) is 14.6 Å². The molecule has 0 unspecified atom stereocenters. The summed E-state index contributed by atoms with van der Waals surface area (Å²) in [5.74, 6) is 0.737. The second kappa shape index (κ2) is 15.7. The quantitative estimate of drug-likeness (QED) is 0.0814. The number of benzene rings is 4. The van der Waals surface area contributed by atoms with E-state index in [4.69, 9.17) is 25.4 Å². The summed E-state index contributed by atoms with van der Waals surface area (Å²) in [6.07, 6.45) is -0.696. The SMILES string of the molecule is [C-]#[N+]c1cc(CN2CC[C@H](OC=O)C2)cc2nc(-c3cccc(-c4cccc(/C=C/c5cc(OC)c(CN6CC[C@@H](O)C6)cc5C(F)(F)F)c4C)c3C)oc12. The fourth-order valence-electron chi connectivity index (χ4n) is 7.75. The molecule has 0 bridgehead atoms. The van der Waals surface area contributed by atoms with Crippen LogP contribution in [0.5, 0.6) is 5.75 Å². The van der Waals surface area contributed by atoms with Gasteiger partial charge in [-0.15, -0.1) is 0 Å². The number of oxazole rings is 1. The van der Waals surface area contributed by atoms with Gasteiger partial charge in [-0.25, -0.2) is 9.83 Å². The molecular weight excluding hydrogens is 709 g/mol. The number of rotatable bonds is 11. The van der Waals surface area contributed by atoms with Crippen molar-refractivity contribution in [3.63, 3.8) is 0 Å². The van der Waals surface area contributed by atoms with Crippen molar-refractivity contribution in [2.45, 2.75) is 58.2 Å². The maximum atomic E-state index is 14.4. The maximum Gasteiger partial charge on any atom is 0.417 e. The molecule has 1 aromatic heterocycles. The predicted octanol–water partition coefficient (Wildman–Crippen LogP) is 8.84. The Morgan fingerprint density at radius 1 is 0.945 bits per heavy atom. The number of fused-ring (bicyclic) bond motifs is 1. The Kier molecular flexibility index (Phi) is 10.8. The molecule has 3 heterocycles. The monoisotopic (exact) mass is 750 g/mol. The average molecular weight is 751 g/mol. The molecule has 1 N–H and O–H groups in total. The summed E-state index contributed by atoms with van der Waals surface area (Å²) in [5.41, 5.74) is 7.01. The number of carbonyl (C=O) groups excluding carboxylic acids is 1. The van der Waals surface area contributed by atoms with Gasteiger partial charge in [0.15, 0.2) is 5.58 Å². The van der Waals surface area contributed by atoms with Crippen molar-refractivity contribution in [1.82, 2.24) is 14.8 Å². The molecule has 0 saturated carbocycles. The van der Waals surface area contributed by atoms with Gasteiger partial charge in [0.2, 0.25) is 11.6 Å². The van der Waals surface area contributed by atoms with Crippen LogP contribution < -0.4 is 4.74 Å². The molecule has 0 radical (unpaired) electrons. The zero-order valence-electron chi connectivity index (χ0n) is 30.8. The van der Waals surface area contributed by atoms with Crippen LogP contribution in [0.2, 0.25) is 0 Å². The average Bonchev–Trinajstić information content (AvgIpc) is 3.91. The van der Waals surface area contributed by atoms with Crippen LogP contribution in [0, 0.1) is 20.4 Å². The molecule has 2 aliphatic heterocycles. The van der Waals surface area contributed by atoms with Crippen LogP contribution in [0.3, 0.4) is 0 Å². The van der Waals surface area contributed by atoms with E-state index in [1.807, 2.05) is 67.3 Å². The van der Waals surface area contributed by atoms with E-state index >= 15 is 0 Å². The van der Waals surface area contributed by atoms with E-state index in [0.717, 1.165) is 58.0 Å². The number of alkyl halides is 3. The highest BCUT2D eigenvalue weighted by molar-refractivity contribution is 5.90. The zero-order chi connectivity index (χ0) is 38.9. The van der Waals surface area contributed by atoms with Crippen molar-refractivity contribution in [1.29, 1.82) is 0 Å². The lowest BCUT2D eigenvalue weighted by atomic mass is 9.91. The Labute approximate surface area is 317 Å². The van der Waals surface area contributed by atoms with Gasteiger partial charge in [-0.1, -0.05) is 42.5 Å². The summed E-state index contributed by atoms with van der Waals surface area (Å²) >= 11 is 0. The number of methoxy groups -OCH3 is 1. The Morgan fingerprint density at radius 3 is 2.36 bits per heavy atom. The fraction of sp³-hybridized carbons (Fsp3) is 0.326. The van der Waals surface area contributed by atoms with Crippen molar-refractivity contribution in [2.75, 3.05) is 33.3 Å². The minimum Gasteiger partial charge on any atom is -0.496 e. The number of aromatic nitrogens is 1. The normalized spacial score (nSPS) is 18.0. The summed E-state index contributed by atoms with van der Waals surface area (Å²) in [6, 6.07) is 17.9. The molecule has 2 saturated heterocycles. The van der Waals surface area contributed by atoms with Gasteiger partial charge in [-0.05, 0) is 96.0 Å². The molecule has 55 heavy (non-hydrogen) atoms. The van der Waals surface area contributed by atoms with E-state index < -0.39 is 17.8 Å². The molecule has 0 spiro atoms. The standard InChI is InChI=1S/C43H41F3N4O5/c1-26-29(11-12-30-20-40(53-4)31(19-37(30)43(44,45)46)22-50-15-13-32(52)23-50)7-5-8-34(26)35-9-6-10-36(27(35)2)42-48-39-18-28(17-38(47-3)41(39)55-42)21-49-16-14-33(24-49)54-25-51/h5-12,17-20,25,32-33,52H,13-16,21-24H2,1-2,4H3/b12-11+/t32-,33+/m1/s1. The van der Waals surface area contributed by atoms with Crippen LogP contribution in [0.15, 0.2) is 65.1 Å². The summed E-state index contributed by atoms with van der Waals surface area (Å²) < 4.78 is 60.2. The first kappa shape index (κ1) is 37.8. The number of nitrogens with zero attached hydrogens (tertiary/aromatic N) is 4. The van der Waals surface area contributed by atoms with E-state index in [-0.39, 0.29) is 18.2 Å². The lowest BCUT2D eigenvalue weighted by Crippen LogP contribution is -2.22. The molecule has 0 aliphatic carbocycles. The highest BCUT2D eigenvalue weighted by Gasteiger charge is 2.34. The van der Waals surface area contributed by atoms with E-state index in [9.17, 15) is 23.1 Å². The molecule has 4 aromatic carbocycles. The van der Waals surface area contributed by atoms with Gasteiger partial charge in [0, 0.05) is 50.4 Å². The first-order valence-electron chi connectivity index (χ1n) is 18.1. The third-order valence-corrected chi connectivity index (χ3v) is 10.6. The van der Waals surface area contributed by atoms with Gasteiger partial charge in [0.1, 0.15) is 11.9 Å². The maximum absolute atomic E-state index is 14.4. The van der Waals surface area contributed by atoms with Gasteiger partial charge < -0.3 is 19.0 Å². The largest absolute Gasteiger partial charge is 0.496 e. The molecule has 0 amide bonds. The number of halogens is 3. The number of likely N-dealkylation sites (tertiary alicyclic amines) is 2. The number of carbonyl (C=O) groups is 1. The van der Waals surface area contributed by atoms with Gasteiger partial charge in [-0.2, -0.15) is 13.2 Å². The highest BCUT2D eigenvalue weighted by Crippen LogP contribution is 2.40. The molecule has 7 rings (SSSR count). The molecule has 5 aromatic rings. The van der Waals surface area contributed by atoms with Gasteiger partial charge >= 0.3 is 6.18 Å². The highest BCUT2D eigenvalue weighted by atomic mass is 19.4. The molecule has 2 atom stereocenters. The molecule has 284 valence electrons. The van der Waals surface area contributed by atoms with Crippen molar-refractivity contribution in [2.24, 2.45) is 0 Å². The number of β-amino-alcohol motifs (C(OH)–C–C–N with tert-alkyl or cyclic N) is 1. The van der Waals surface area contributed by atoms with Crippen LogP contribution in [-0.2, 0) is 28.8 Å². The Bertz CT molecular complexity index is 2310. The first-order valence-corrected chi connectivity index (χ1v) is 18.1. The van der Waals surface area contributed by atoms with Crippen LogP contribution in [-0.4, -0.2) is 71.9 Å². The first-order chi connectivity index (χ1) is 26.4. The molecule has 9 nitrogen and oxygen atoms in total. The number of hydrogen-bond donors (Lipinski definition) is 1. The van der Waals surface area contributed by atoms with E-state index in [2.05, 4.69) is 9.74 Å². The Morgan fingerprint density at radius 2 is 1.65 bits per heavy atom. The number of hydrogen-bond acceptors (Lipinski definition) is 8. The van der Waals surface area contributed by atoms with E-state index in [1.54, 1.807) is 6.08 Å². The topological polar surface area (TPSA) is 92.6 Å². The summed E-state index contributed by atoms with van der Waals surface area (Å²) in [4.78, 5) is 23.4. The lowest BCUT2D eigenvalue weighted by molar-refractivity contribution is -0.138. The summed E-state index contributed by atoms with van der Waals surface area (Å²) in [5, 5.41) is 9.92. The van der Waals surface area contributed by atoms with Crippen LogP contribution in [0.4, 0.5) is 18.9 Å². The van der Waals surface area contributed by atoms with Gasteiger partial charge in [0.25, 0.3) is 6.47 Å². The molecule has 2 aliphatic rings. The number of aliphatic hydroxyl groups excluding tert-OH is 1. The minimum absolute atomic E-state index is 0.00743. The van der Waals surface area contributed by atoms with Crippen molar-refractivity contribution in [3.05, 3.63) is 111 Å². The second-order valence-corrected chi connectivity index (χ2v) is 14.2. The Balaban J connectivity index is 1.18. The van der Waals surface area contributed by atoms with Crippen LogP contribution in [0.1, 0.15) is 51.8 Å². The smallest absolute Gasteiger partial charge is 0.417 e. The molecule has 12 heteroatoms. The van der Waals surface area contributed by atoms with Crippen LogP contribution >= 0.6 is 0 Å². The number of aliphatic hydroxyl groups is 1. The van der Waals surface area contributed by atoms with Crippen molar-refractivity contribution in [3.8, 4) is 28.3 Å². The fourth-order valence-corrected chi connectivity index (χ4v) is 7.75. The summed E-state index contributed by atoms with van der Waals surface area (Å²) in [6.45, 7) is 15.5. The molecule has 2 fully saturated rings. The zero-order valence-corrected chi connectivity index (χ0v) is 30.8. The van der Waals surface area contributed by atoms with Crippen molar-refractivity contribution >= 4 is 35.4 Å².